The summed E-state index contributed by atoms with van der Waals surface area (Å²) in [5.74, 6) is -2.36. The quantitative estimate of drug-likeness (QED) is 0.112. The van der Waals surface area contributed by atoms with Crippen molar-refractivity contribution in [3.63, 3.8) is 0 Å². The van der Waals surface area contributed by atoms with Crippen LogP contribution in [-0.2, 0) is 14.9 Å². The maximum atomic E-state index is 13.3. The molecule has 0 unspecified atom stereocenters. The van der Waals surface area contributed by atoms with Gasteiger partial charge in [0.15, 0.2) is 0 Å². The standard InChI is InChI=1S/C31H25BrO7S2/c1-15-12-20(27-22-8-6-7-9-23(22)28(32)30-26(27)17(3)18(4)40-30)13-16(2)29(15)39-41(36,37)21-10-11-24(31(34)35)25(14-21)38-19(5)33/h6-14H,1-5H3,(H,34,35). The zero-order valence-corrected chi connectivity index (χ0v) is 26.0. The number of carboxylic acids is 1. The number of halogens is 1. The molecule has 5 rings (SSSR count). The summed E-state index contributed by atoms with van der Waals surface area (Å²) in [6.45, 7) is 8.88. The summed E-state index contributed by atoms with van der Waals surface area (Å²) in [7, 11) is -4.40. The lowest BCUT2D eigenvalue weighted by atomic mass is 9.91. The van der Waals surface area contributed by atoms with E-state index < -0.39 is 22.1 Å². The monoisotopic (exact) mass is 652 g/mol. The summed E-state index contributed by atoms with van der Waals surface area (Å²) >= 11 is 5.56. The van der Waals surface area contributed by atoms with Gasteiger partial charge in [0.25, 0.3) is 0 Å². The Morgan fingerprint density at radius 3 is 2.17 bits per heavy atom. The molecule has 1 heterocycles. The predicted octanol–water partition coefficient (Wildman–Crippen LogP) is 8.11. The van der Waals surface area contributed by atoms with E-state index in [0.717, 1.165) is 61.6 Å². The van der Waals surface area contributed by atoms with Gasteiger partial charge in [0.2, 0.25) is 0 Å². The third kappa shape index (κ3) is 5.11. The fourth-order valence-corrected chi connectivity index (χ4v) is 7.96. The minimum Gasteiger partial charge on any atom is -0.478 e. The topological polar surface area (TPSA) is 107 Å². The van der Waals surface area contributed by atoms with Crippen LogP contribution in [0.3, 0.4) is 0 Å². The molecule has 0 amide bonds. The van der Waals surface area contributed by atoms with Gasteiger partial charge in [0.05, 0.1) is 4.70 Å². The molecule has 210 valence electrons. The Kier molecular flexibility index (Phi) is 7.44. The third-order valence-electron chi connectivity index (χ3n) is 6.94. The van der Waals surface area contributed by atoms with Gasteiger partial charge in [-0.3, -0.25) is 4.79 Å². The summed E-state index contributed by atoms with van der Waals surface area (Å²) in [6.07, 6.45) is 0. The summed E-state index contributed by atoms with van der Waals surface area (Å²) in [6, 6.07) is 15.1. The van der Waals surface area contributed by atoms with Crippen LogP contribution >= 0.6 is 27.3 Å². The van der Waals surface area contributed by atoms with E-state index >= 15 is 0 Å². The van der Waals surface area contributed by atoms with Crippen LogP contribution < -0.4 is 8.92 Å². The van der Waals surface area contributed by atoms with E-state index in [1.54, 1.807) is 25.2 Å². The van der Waals surface area contributed by atoms with E-state index in [-0.39, 0.29) is 22.0 Å². The number of hydrogen-bond donors (Lipinski definition) is 1. The molecule has 7 nitrogen and oxygen atoms in total. The summed E-state index contributed by atoms with van der Waals surface area (Å²) in [4.78, 5) is 23.9. The SMILES string of the molecule is CC(=O)Oc1cc(S(=O)(=O)Oc2c(C)cc(-c3c4ccccc4c(Br)c4sc(C)c(C)c34)cc2C)ccc1C(=O)O. The van der Waals surface area contributed by atoms with Crippen molar-refractivity contribution in [3.05, 3.63) is 86.2 Å². The van der Waals surface area contributed by atoms with Crippen molar-refractivity contribution < 1.29 is 32.0 Å². The lowest BCUT2D eigenvalue weighted by Gasteiger charge is -2.17. The molecule has 5 aromatic rings. The van der Waals surface area contributed by atoms with Crippen LogP contribution in [-0.4, -0.2) is 25.5 Å². The van der Waals surface area contributed by atoms with E-state index in [1.165, 1.54) is 10.4 Å². The molecule has 1 N–H and O–H groups in total. The van der Waals surface area contributed by atoms with E-state index in [2.05, 4.69) is 41.9 Å². The number of aromatic carboxylic acids is 1. The smallest absolute Gasteiger partial charge is 0.339 e. The fourth-order valence-electron chi connectivity index (χ4n) is 4.99. The molecule has 0 fully saturated rings. The Balaban J connectivity index is 1.63. The Hall–Kier alpha value is -3.73. The first-order chi connectivity index (χ1) is 19.3. The van der Waals surface area contributed by atoms with Gasteiger partial charge in [-0.1, -0.05) is 24.3 Å². The number of hydrogen-bond acceptors (Lipinski definition) is 7. The molecule has 1 aromatic heterocycles. The summed E-state index contributed by atoms with van der Waals surface area (Å²) in [5.41, 5.74) is 4.06. The molecule has 0 aliphatic heterocycles. The Morgan fingerprint density at radius 1 is 0.927 bits per heavy atom. The molecule has 41 heavy (non-hydrogen) atoms. The number of esters is 1. The molecule has 0 aliphatic rings. The molecular formula is C31H25BrO7S2. The Morgan fingerprint density at radius 2 is 1.56 bits per heavy atom. The van der Waals surface area contributed by atoms with Crippen LogP contribution in [0.5, 0.6) is 11.5 Å². The maximum Gasteiger partial charge on any atom is 0.339 e. The van der Waals surface area contributed by atoms with Crippen LogP contribution in [0.1, 0.15) is 38.8 Å². The highest BCUT2D eigenvalue weighted by Gasteiger charge is 2.25. The number of aryl methyl sites for hydroxylation is 4. The van der Waals surface area contributed by atoms with Gasteiger partial charge in [-0.2, -0.15) is 8.42 Å². The summed E-state index contributed by atoms with van der Waals surface area (Å²) < 4.78 is 39.4. The van der Waals surface area contributed by atoms with Crippen molar-refractivity contribution in [1.29, 1.82) is 0 Å². The number of thiophene rings is 1. The largest absolute Gasteiger partial charge is 0.478 e. The van der Waals surface area contributed by atoms with Gasteiger partial charge in [-0.25, -0.2) is 4.79 Å². The number of ether oxygens (including phenoxy) is 1. The highest BCUT2D eigenvalue weighted by molar-refractivity contribution is 9.11. The lowest BCUT2D eigenvalue weighted by Crippen LogP contribution is -2.13. The molecule has 0 radical (unpaired) electrons. The highest BCUT2D eigenvalue weighted by atomic mass is 79.9. The van der Waals surface area contributed by atoms with Crippen molar-refractivity contribution in [2.75, 3.05) is 0 Å². The normalized spacial score (nSPS) is 11.7. The van der Waals surface area contributed by atoms with Gasteiger partial charge in [-0.15, -0.1) is 11.3 Å². The first kappa shape index (κ1) is 28.8. The van der Waals surface area contributed by atoms with Crippen molar-refractivity contribution in [2.45, 2.75) is 39.5 Å². The minimum atomic E-state index is -4.40. The number of benzene rings is 4. The molecule has 0 aliphatic carbocycles. The van der Waals surface area contributed by atoms with Crippen LogP contribution in [0.4, 0.5) is 0 Å². The van der Waals surface area contributed by atoms with Crippen molar-refractivity contribution in [1.82, 2.24) is 0 Å². The summed E-state index contributed by atoms with van der Waals surface area (Å²) in [5, 5.41) is 12.7. The molecule has 0 saturated heterocycles. The number of fused-ring (bicyclic) bond motifs is 2. The van der Waals surface area contributed by atoms with Crippen LogP contribution in [0, 0.1) is 27.7 Å². The lowest BCUT2D eigenvalue weighted by molar-refractivity contribution is -0.131. The van der Waals surface area contributed by atoms with E-state index in [4.69, 9.17) is 8.92 Å². The fraction of sp³-hybridized carbons (Fsp3) is 0.161. The van der Waals surface area contributed by atoms with E-state index in [0.29, 0.717) is 11.1 Å². The number of carbonyl (C=O) groups is 2. The first-order valence-electron chi connectivity index (χ1n) is 12.5. The Labute approximate surface area is 249 Å². The third-order valence-corrected chi connectivity index (χ3v) is 10.5. The van der Waals surface area contributed by atoms with Gasteiger partial charge in [0.1, 0.15) is 22.0 Å². The predicted molar refractivity (Wildman–Crippen MR) is 164 cm³/mol. The van der Waals surface area contributed by atoms with Crippen molar-refractivity contribution in [2.24, 2.45) is 0 Å². The average Bonchev–Trinajstić information content (AvgIpc) is 3.20. The van der Waals surface area contributed by atoms with Gasteiger partial charge < -0.3 is 14.0 Å². The van der Waals surface area contributed by atoms with E-state index in [9.17, 15) is 23.1 Å². The maximum absolute atomic E-state index is 13.3. The highest BCUT2D eigenvalue weighted by Crippen LogP contribution is 2.48. The van der Waals surface area contributed by atoms with Crippen molar-refractivity contribution >= 4 is 70.2 Å². The molecule has 0 bridgehead atoms. The van der Waals surface area contributed by atoms with Gasteiger partial charge in [-0.05, 0) is 106 Å². The second-order valence-electron chi connectivity index (χ2n) is 9.76. The van der Waals surface area contributed by atoms with Crippen LogP contribution in [0.15, 0.2) is 64.0 Å². The van der Waals surface area contributed by atoms with Crippen LogP contribution in [0.25, 0.3) is 32.0 Å². The minimum absolute atomic E-state index is 0.168. The van der Waals surface area contributed by atoms with Gasteiger partial charge in [0, 0.05) is 27.7 Å². The molecule has 0 spiro atoms. The number of carboxylic acid groups (broad SMARTS) is 1. The average molecular weight is 654 g/mol. The molecule has 0 atom stereocenters. The molecular weight excluding hydrogens is 628 g/mol. The second kappa shape index (κ2) is 10.6. The second-order valence-corrected chi connectivity index (χ2v) is 13.3. The zero-order valence-electron chi connectivity index (χ0n) is 22.8. The molecule has 10 heteroatoms. The van der Waals surface area contributed by atoms with E-state index in [1.807, 2.05) is 24.3 Å². The number of rotatable bonds is 6. The van der Waals surface area contributed by atoms with Crippen LogP contribution in [0.2, 0.25) is 0 Å². The van der Waals surface area contributed by atoms with Gasteiger partial charge >= 0.3 is 22.1 Å². The Bertz CT molecular complexity index is 2000. The number of carbonyl (C=O) groups excluding carboxylic acids is 1. The zero-order chi connectivity index (χ0) is 29.8. The molecule has 0 saturated carbocycles. The first-order valence-corrected chi connectivity index (χ1v) is 15.5. The molecule has 4 aromatic carbocycles. The van der Waals surface area contributed by atoms with Crippen molar-refractivity contribution in [3.8, 4) is 22.6 Å².